The highest BCUT2D eigenvalue weighted by atomic mass is 35.5. The molecule has 0 aliphatic carbocycles. The van der Waals surface area contributed by atoms with Gasteiger partial charge in [0.05, 0.1) is 0 Å². The summed E-state index contributed by atoms with van der Waals surface area (Å²) in [6.45, 7) is 0. The second kappa shape index (κ2) is 3.69. The second-order valence-electron chi connectivity index (χ2n) is 3.71. The third-order valence-corrected chi connectivity index (χ3v) is 3.20. The van der Waals surface area contributed by atoms with E-state index in [1.807, 2.05) is 36.4 Å². The number of benzene rings is 2. The van der Waals surface area contributed by atoms with E-state index in [0.717, 1.165) is 32.5 Å². The van der Waals surface area contributed by atoms with Crippen LogP contribution in [0, 0.1) is 0 Å². The number of hydrogen-bond acceptors (Lipinski definition) is 1. The zero-order valence-corrected chi connectivity index (χ0v) is 9.85. The van der Waals surface area contributed by atoms with E-state index in [1.165, 1.54) is 0 Å². The number of halogens is 2. The molecule has 1 heterocycles. The van der Waals surface area contributed by atoms with Crippen LogP contribution in [0.2, 0.25) is 5.02 Å². The van der Waals surface area contributed by atoms with E-state index >= 15 is 0 Å². The lowest BCUT2D eigenvalue weighted by molar-refractivity contribution is 0.668. The number of furan rings is 1. The highest BCUT2D eigenvalue weighted by molar-refractivity contribution is 6.31. The Morgan fingerprint density at radius 1 is 0.938 bits per heavy atom. The molecule has 0 bridgehead atoms. The molecule has 2 aromatic carbocycles. The molecule has 0 unspecified atom stereocenters. The van der Waals surface area contributed by atoms with Gasteiger partial charge in [0, 0.05) is 21.7 Å². The summed E-state index contributed by atoms with van der Waals surface area (Å²) in [4.78, 5) is 0. The molecule has 0 aliphatic rings. The molecular weight excluding hydrogens is 243 g/mol. The quantitative estimate of drug-likeness (QED) is 0.556. The van der Waals surface area contributed by atoms with E-state index in [4.69, 9.17) is 27.6 Å². The van der Waals surface area contributed by atoms with E-state index in [-0.39, 0.29) is 0 Å². The Morgan fingerprint density at radius 3 is 2.62 bits per heavy atom. The van der Waals surface area contributed by atoms with Gasteiger partial charge in [-0.15, -0.1) is 11.6 Å². The van der Waals surface area contributed by atoms with Gasteiger partial charge in [-0.3, -0.25) is 0 Å². The minimum Gasteiger partial charge on any atom is -0.456 e. The van der Waals surface area contributed by atoms with Gasteiger partial charge >= 0.3 is 0 Å². The molecule has 1 aromatic heterocycles. The summed E-state index contributed by atoms with van der Waals surface area (Å²) in [5, 5.41) is 2.84. The summed E-state index contributed by atoms with van der Waals surface area (Å²) in [5.41, 5.74) is 2.76. The zero-order valence-electron chi connectivity index (χ0n) is 8.34. The maximum absolute atomic E-state index is 5.97. The normalized spacial score (nSPS) is 11.4. The minimum atomic E-state index is 0.494. The lowest BCUT2D eigenvalue weighted by Gasteiger charge is -1.93. The van der Waals surface area contributed by atoms with Crippen molar-refractivity contribution in [3.63, 3.8) is 0 Å². The first kappa shape index (κ1) is 10.0. The van der Waals surface area contributed by atoms with E-state index in [9.17, 15) is 0 Å². The Labute approximate surface area is 103 Å². The number of hydrogen-bond donors (Lipinski definition) is 0. The molecular formula is C13H8Cl2O. The molecule has 0 saturated heterocycles. The first-order valence-corrected chi connectivity index (χ1v) is 5.86. The molecule has 0 radical (unpaired) electrons. The molecule has 3 rings (SSSR count). The zero-order chi connectivity index (χ0) is 11.1. The van der Waals surface area contributed by atoms with E-state index in [2.05, 4.69) is 0 Å². The third-order valence-electron chi connectivity index (χ3n) is 2.65. The fourth-order valence-electron chi connectivity index (χ4n) is 1.88. The molecule has 0 spiro atoms. The Balaban J connectivity index is 2.41. The van der Waals surface area contributed by atoms with Gasteiger partial charge in [0.15, 0.2) is 0 Å². The third kappa shape index (κ3) is 1.48. The summed E-state index contributed by atoms with van der Waals surface area (Å²) in [6.07, 6.45) is 0. The van der Waals surface area contributed by atoms with Crippen molar-refractivity contribution in [3.8, 4) is 0 Å². The standard InChI is InChI=1S/C13H8Cl2O/c14-7-8-1-3-10-11-6-9(15)2-4-12(11)16-13(10)5-8/h1-6H,7H2. The van der Waals surface area contributed by atoms with Gasteiger partial charge in [-0.2, -0.15) is 0 Å². The number of rotatable bonds is 1. The van der Waals surface area contributed by atoms with Crippen molar-refractivity contribution >= 4 is 45.1 Å². The summed E-state index contributed by atoms with van der Waals surface area (Å²) in [7, 11) is 0. The smallest absolute Gasteiger partial charge is 0.135 e. The lowest BCUT2D eigenvalue weighted by Crippen LogP contribution is -1.75. The Hall–Kier alpha value is -1.18. The molecule has 1 nitrogen and oxygen atoms in total. The molecule has 80 valence electrons. The summed E-state index contributed by atoms with van der Waals surface area (Å²) in [6, 6.07) is 11.6. The van der Waals surface area contributed by atoms with Crippen LogP contribution in [0.15, 0.2) is 40.8 Å². The second-order valence-corrected chi connectivity index (χ2v) is 4.41. The average molecular weight is 251 g/mol. The number of alkyl halides is 1. The van der Waals surface area contributed by atoms with Crippen LogP contribution >= 0.6 is 23.2 Å². The SMILES string of the molecule is ClCc1ccc2c(c1)oc1ccc(Cl)cc12. The van der Waals surface area contributed by atoms with Crippen LogP contribution in [0.1, 0.15) is 5.56 Å². The highest BCUT2D eigenvalue weighted by Crippen LogP contribution is 2.31. The van der Waals surface area contributed by atoms with Crippen LogP contribution in [0.25, 0.3) is 21.9 Å². The summed E-state index contributed by atoms with van der Waals surface area (Å²) >= 11 is 11.8. The van der Waals surface area contributed by atoms with Gasteiger partial charge < -0.3 is 4.42 Å². The average Bonchev–Trinajstić information content (AvgIpc) is 2.66. The maximum atomic E-state index is 5.97. The minimum absolute atomic E-state index is 0.494. The van der Waals surface area contributed by atoms with E-state index in [0.29, 0.717) is 5.88 Å². The Bertz CT molecular complexity index is 670. The largest absolute Gasteiger partial charge is 0.456 e. The summed E-state index contributed by atoms with van der Waals surface area (Å²) in [5.74, 6) is 0.494. The van der Waals surface area contributed by atoms with E-state index in [1.54, 1.807) is 0 Å². The van der Waals surface area contributed by atoms with Crippen LogP contribution in [-0.2, 0) is 5.88 Å². The fraction of sp³-hybridized carbons (Fsp3) is 0.0769. The van der Waals surface area contributed by atoms with Crippen molar-refractivity contribution in [3.05, 3.63) is 47.0 Å². The van der Waals surface area contributed by atoms with Crippen LogP contribution < -0.4 is 0 Å². The predicted molar refractivity (Wildman–Crippen MR) is 68.3 cm³/mol. The topological polar surface area (TPSA) is 13.1 Å². The first-order chi connectivity index (χ1) is 7.78. The predicted octanol–water partition coefficient (Wildman–Crippen LogP) is 4.98. The van der Waals surface area contributed by atoms with Crippen molar-refractivity contribution in [1.29, 1.82) is 0 Å². The molecule has 3 heteroatoms. The summed E-state index contributed by atoms with van der Waals surface area (Å²) < 4.78 is 5.73. The van der Waals surface area contributed by atoms with Crippen LogP contribution in [0.4, 0.5) is 0 Å². The van der Waals surface area contributed by atoms with Crippen molar-refractivity contribution in [2.24, 2.45) is 0 Å². The molecule has 0 atom stereocenters. The highest BCUT2D eigenvalue weighted by Gasteiger charge is 2.07. The van der Waals surface area contributed by atoms with Crippen LogP contribution in [0.3, 0.4) is 0 Å². The van der Waals surface area contributed by atoms with Crippen molar-refractivity contribution in [2.75, 3.05) is 0 Å². The molecule has 0 amide bonds. The lowest BCUT2D eigenvalue weighted by atomic mass is 10.1. The van der Waals surface area contributed by atoms with Crippen LogP contribution in [-0.4, -0.2) is 0 Å². The van der Waals surface area contributed by atoms with Crippen molar-refractivity contribution in [2.45, 2.75) is 5.88 Å². The Kier molecular flexibility index (Phi) is 2.31. The van der Waals surface area contributed by atoms with Crippen LogP contribution in [0.5, 0.6) is 0 Å². The molecule has 16 heavy (non-hydrogen) atoms. The molecule has 0 saturated carbocycles. The monoisotopic (exact) mass is 250 g/mol. The maximum Gasteiger partial charge on any atom is 0.135 e. The van der Waals surface area contributed by atoms with Gasteiger partial charge in [-0.05, 0) is 29.8 Å². The molecule has 0 N–H and O–H groups in total. The van der Waals surface area contributed by atoms with Gasteiger partial charge in [0.2, 0.25) is 0 Å². The molecule has 0 fully saturated rings. The molecule has 0 aliphatic heterocycles. The van der Waals surface area contributed by atoms with Gasteiger partial charge in [0.1, 0.15) is 11.2 Å². The molecule has 3 aromatic rings. The van der Waals surface area contributed by atoms with Gasteiger partial charge in [-0.25, -0.2) is 0 Å². The Morgan fingerprint density at radius 2 is 1.81 bits per heavy atom. The first-order valence-electron chi connectivity index (χ1n) is 4.94. The van der Waals surface area contributed by atoms with Gasteiger partial charge in [0.25, 0.3) is 0 Å². The number of fused-ring (bicyclic) bond motifs is 3. The van der Waals surface area contributed by atoms with Gasteiger partial charge in [-0.1, -0.05) is 23.7 Å². The van der Waals surface area contributed by atoms with E-state index < -0.39 is 0 Å². The fourth-order valence-corrected chi connectivity index (χ4v) is 2.22. The van der Waals surface area contributed by atoms with Crippen molar-refractivity contribution in [1.82, 2.24) is 0 Å². The van der Waals surface area contributed by atoms with Crippen molar-refractivity contribution < 1.29 is 4.42 Å².